The van der Waals surface area contributed by atoms with Gasteiger partial charge in [-0.3, -0.25) is 5.32 Å². The van der Waals surface area contributed by atoms with Gasteiger partial charge in [-0.1, -0.05) is 30.3 Å². The van der Waals surface area contributed by atoms with E-state index < -0.39 is 18.3 Å². The first kappa shape index (κ1) is 24.2. The monoisotopic (exact) mass is 481 g/mol. The van der Waals surface area contributed by atoms with Crippen molar-refractivity contribution in [2.45, 2.75) is 18.6 Å². The minimum absolute atomic E-state index is 0.125. The van der Waals surface area contributed by atoms with Crippen molar-refractivity contribution in [2.75, 3.05) is 31.9 Å². The first-order valence-corrected chi connectivity index (χ1v) is 11.2. The molecular formula is C26H27NO8. The molecule has 35 heavy (non-hydrogen) atoms. The van der Waals surface area contributed by atoms with E-state index in [0.29, 0.717) is 34.2 Å². The second-order valence-corrected chi connectivity index (χ2v) is 7.65. The first-order chi connectivity index (χ1) is 17.2. The zero-order valence-corrected chi connectivity index (χ0v) is 19.0. The lowest BCUT2D eigenvalue weighted by atomic mass is 10.0. The van der Waals surface area contributed by atoms with Crippen molar-refractivity contribution in [3.63, 3.8) is 0 Å². The Morgan fingerprint density at radius 1 is 0.914 bits per heavy atom. The van der Waals surface area contributed by atoms with Crippen LogP contribution in [-0.4, -0.2) is 49.0 Å². The quantitative estimate of drug-likeness (QED) is 0.378. The maximum absolute atomic E-state index is 12.9. The van der Waals surface area contributed by atoms with Gasteiger partial charge in [-0.15, -0.1) is 0 Å². The molecule has 0 aliphatic carbocycles. The number of amides is 1. The Morgan fingerprint density at radius 2 is 1.71 bits per heavy atom. The fourth-order valence-corrected chi connectivity index (χ4v) is 3.61. The number of para-hydroxylation sites is 1. The van der Waals surface area contributed by atoms with Gasteiger partial charge in [0.15, 0.2) is 17.6 Å². The van der Waals surface area contributed by atoms with Crippen LogP contribution in [-0.2, 0) is 4.74 Å². The van der Waals surface area contributed by atoms with E-state index in [1.54, 1.807) is 54.6 Å². The van der Waals surface area contributed by atoms with Crippen molar-refractivity contribution in [1.29, 1.82) is 0 Å². The van der Waals surface area contributed by atoms with Crippen LogP contribution >= 0.6 is 0 Å². The van der Waals surface area contributed by atoms with Crippen molar-refractivity contribution in [3.8, 4) is 23.0 Å². The summed E-state index contributed by atoms with van der Waals surface area (Å²) in [5, 5.41) is 21.5. The third-order valence-electron chi connectivity index (χ3n) is 5.18. The Labute approximate surface area is 202 Å². The second-order valence-electron chi connectivity index (χ2n) is 7.65. The minimum atomic E-state index is -0.881. The lowest BCUT2D eigenvalue weighted by Crippen LogP contribution is -2.31. The van der Waals surface area contributed by atoms with E-state index in [1.165, 1.54) is 0 Å². The number of hydrogen-bond donors (Lipinski definition) is 3. The Hall–Kier alpha value is -3.95. The highest BCUT2D eigenvalue weighted by atomic mass is 16.7. The van der Waals surface area contributed by atoms with Crippen LogP contribution in [0.3, 0.4) is 0 Å². The largest absolute Gasteiger partial charge is 0.491 e. The molecule has 0 saturated heterocycles. The Kier molecular flexibility index (Phi) is 8.26. The smallest absolute Gasteiger partial charge is 0.412 e. The summed E-state index contributed by atoms with van der Waals surface area (Å²) in [7, 11) is 0. The van der Waals surface area contributed by atoms with Crippen LogP contribution in [0.2, 0.25) is 0 Å². The summed E-state index contributed by atoms with van der Waals surface area (Å²) in [5.41, 5.74) is 1.08. The number of aliphatic hydroxyl groups excluding tert-OH is 2. The van der Waals surface area contributed by atoms with Crippen LogP contribution in [0.25, 0.3) is 0 Å². The van der Waals surface area contributed by atoms with E-state index in [0.717, 1.165) is 0 Å². The summed E-state index contributed by atoms with van der Waals surface area (Å²) in [6, 6.07) is 21.1. The third kappa shape index (κ3) is 6.56. The molecule has 4 rings (SSSR count). The van der Waals surface area contributed by atoms with Crippen LogP contribution in [0.4, 0.5) is 10.5 Å². The zero-order valence-electron chi connectivity index (χ0n) is 19.0. The van der Waals surface area contributed by atoms with Gasteiger partial charge in [0, 0.05) is 24.8 Å². The minimum Gasteiger partial charge on any atom is -0.491 e. The van der Waals surface area contributed by atoms with Gasteiger partial charge in [-0.2, -0.15) is 0 Å². The fraction of sp³-hybridized carbons (Fsp3) is 0.269. The van der Waals surface area contributed by atoms with Gasteiger partial charge in [0.05, 0.1) is 6.61 Å². The van der Waals surface area contributed by atoms with Crippen LogP contribution in [0.15, 0.2) is 72.8 Å². The molecule has 2 atom stereocenters. The number of ether oxygens (including phenoxy) is 5. The van der Waals surface area contributed by atoms with Gasteiger partial charge in [0.1, 0.15) is 24.2 Å². The summed E-state index contributed by atoms with van der Waals surface area (Å²) >= 11 is 0. The van der Waals surface area contributed by atoms with Crippen molar-refractivity contribution in [3.05, 3.63) is 78.4 Å². The third-order valence-corrected chi connectivity index (χ3v) is 5.18. The zero-order chi connectivity index (χ0) is 24.5. The molecule has 0 radical (unpaired) electrons. The van der Waals surface area contributed by atoms with Crippen molar-refractivity contribution in [1.82, 2.24) is 0 Å². The maximum atomic E-state index is 12.9. The molecule has 0 unspecified atom stereocenters. The normalized spacial score (nSPS) is 13.5. The molecule has 1 aliphatic rings. The highest BCUT2D eigenvalue weighted by molar-refractivity contribution is 5.85. The second kappa shape index (κ2) is 12.0. The summed E-state index contributed by atoms with van der Waals surface area (Å²) in [5.74, 6) is 2.20. The Morgan fingerprint density at radius 3 is 2.51 bits per heavy atom. The van der Waals surface area contributed by atoms with Crippen molar-refractivity contribution >= 4 is 11.8 Å². The van der Waals surface area contributed by atoms with Gasteiger partial charge >= 0.3 is 6.09 Å². The average Bonchev–Trinajstić information content (AvgIpc) is 3.35. The molecule has 1 heterocycles. The first-order valence-electron chi connectivity index (χ1n) is 11.2. The van der Waals surface area contributed by atoms with Crippen molar-refractivity contribution in [2.24, 2.45) is 0 Å². The molecule has 184 valence electrons. The molecular weight excluding hydrogens is 454 g/mol. The summed E-state index contributed by atoms with van der Waals surface area (Å²) in [6.45, 7) is -0.0615. The van der Waals surface area contributed by atoms with Gasteiger partial charge in [-0.05, 0) is 42.0 Å². The number of aliphatic hydroxyl groups is 2. The molecule has 0 fully saturated rings. The number of rotatable bonds is 11. The van der Waals surface area contributed by atoms with Crippen LogP contribution in [0.1, 0.15) is 18.1 Å². The molecule has 3 aromatic rings. The number of benzene rings is 3. The van der Waals surface area contributed by atoms with Gasteiger partial charge < -0.3 is 33.9 Å². The predicted octanol–water partition coefficient (Wildman–Crippen LogP) is 3.91. The molecule has 3 aromatic carbocycles. The Bertz CT molecular complexity index is 1110. The predicted molar refractivity (Wildman–Crippen MR) is 127 cm³/mol. The Balaban J connectivity index is 1.57. The number of carbonyl (C=O) groups excluding carboxylic acids is 1. The number of hydrogen-bond acceptors (Lipinski definition) is 8. The standard InChI is InChI=1S/C26H27NO8/c28-12-11-23(34-20-6-2-1-3-7-20)25(18-5-4-8-21(15-18)31-14-13-29)35-26(30)27-19-9-10-22-24(16-19)33-17-32-22/h1-10,15-16,23,25,28-29H,11-14,17H2,(H,27,30)/t23-,25-/m1/s1. The average molecular weight is 482 g/mol. The summed E-state index contributed by atoms with van der Waals surface area (Å²) < 4.78 is 28.2. The van der Waals surface area contributed by atoms with E-state index in [2.05, 4.69) is 5.32 Å². The van der Waals surface area contributed by atoms with Gasteiger partial charge in [0.25, 0.3) is 0 Å². The van der Waals surface area contributed by atoms with E-state index in [9.17, 15) is 9.90 Å². The highest BCUT2D eigenvalue weighted by Crippen LogP contribution is 2.35. The van der Waals surface area contributed by atoms with Gasteiger partial charge in [-0.25, -0.2) is 4.79 Å². The van der Waals surface area contributed by atoms with E-state index >= 15 is 0 Å². The SMILES string of the molecule is O=C(Nc1ccc2c(c1)OCO2)O[C@H](c1cccc(OCCO)c1)[C@@H](CCO)Oc1ccccc1. The fourth-order valence-electron chi connectivity index (χ4n) is 3.61. The number of anilines is 1. The molecule has 9 heteroatoms. The molecule has 1 amide bonds. The topological polar surface area (TPSA) is 116 Å². The molecule has 3 N–H and O–H groups in total. The molecule has 0 bridgehead atoms. The van der Waals surface area contributed by atoms with E-state index in [1.807, 2.05) is 18.2 Å². The maximum Gasteiger partial charge on any atom is 0.412 e. The van der Waals surface area contributed by atoms with Crippen LogP contribution in [0.5, 0.6) is 23.0 Å². The number of fused-ring (bicyclic) bond motifs is 1. The van der Waals surface area contributed by atoms with Gasteiger partial charge in [0.2, 0.25) is 6.79 Å². The number of carbonyl (C=O) groups is 1. The van der Waals surface area contributed by atoms with Crippen LogP contribution in [0, 0.1) is 0 Å². The summed E-state index contributed by atoms with van der Waals surface area (Å²) in [6.07, 6.45) is -2.08. The molecule has 9 nitrogen and oxygen atoms in total. The molecule has 0 spiro atoms. The summed E-state index contributed by atoms with van der Waals surface area (Å²) in [4.78, 5) is 12.9. The molecule has 0 aromatic heterocycles. The number of nitrogens with one attached hydrogen (secondary N) is 1. The molecule has 0 saturated carbocycles. The van der Waals surface area contributed by atoms with E-state index in [-0.39, 0.29) is 33.0 Å². The molecule has 1 aliphatic heterocycles. The van der Waals surface area contributed by atoms with Crippen LogP contribution < -0.4 is 24.3 Å². The highest BCUT2D eigenvalue weighted by Gasteiger charge is 2.29. The van der Waals surface area contributed by atoms with E-state index in [4.69, 9.17) is 28.8 Å². The van der Waals surface area contributed by atoms with Crippen molar-refractivity contribution < 1.29 is 38.7 Å². The lowest BCUT2D eigenvalue weighted by molar-refractivity contribution is 0.00897. The lowest BCUT2D eigenvalue weighted by Gasteiger charge is -2.28.